The van der Waals surface area contributed by atoms with Crippen LogP contribution in [0.3, 0.4) is 0 Å². The molecule has 3 rings (SSSR count). The molecule has 0 saturated heterocycles. The molecule has 4 nitrogen and oxygen atoms in total. The van der Waals surface area contributed by atoms with E-state index in [9.17, 15) is 4.79 Å². The molecule has 0 unspecified atom stereocenters. The Bertz CT molecular complexity index is 786. The molecule has 0 fully saturated rings. The largest absolute Gasteiger partial charge is 0.483 e. The van der Waals surface area contributed by atoms with Gasteiger partial charge in [-0.15, -0.1) is 0 Å². The Morgan fingerprint density at radius 1 is 1.33 bits per heavy atom. The van der Waals surface area contributed by atoms with E-state index >= 15 is 0 Å². The normalized spacial score (nSPS) is 14.7. The molecule has 0 saturated carbocycles. The monoisotopic (exact) mass is 345 g/mol. The van der Waals surface area contributed by atoms with Crippen molar-refractivity contribution in [3.8, 4) is 11.5 Å². The summed E-state index contributed by atoms with van der Waals surface area (Å²) >= 11 is 5.92. The number of anilines is 1. The zero-order valence-electron chi connectivity index (χ0n) is 14.0. The summed E-state index contributed by atoms with van der Waals surface area (Å²) in [4.78, 5) is 12.1. The Labute approximate surface area is 146 Å². The van der Waals surface area contributed by atoms with Gasteiger partial charge in [-0.05, 0) is 50.6 Å². The second-order valence-corrected chi connectivity index (χ2v) is 7.02. The van der Waals surface area contributed by atoms with E-state index in [1.807, 2.05) is 39.0 Å². The number of para-hydroxylation sites is 1. The van der Waals surface area contributed by atoms with Gasteiger partial charge in [0.15, 0.2) is 18.1 Å². The van der Waals surface area contributed by atoms with Crippen molar-refractivity contribution in [3.63, 3.8) is 0 Å². The van der Waals surface area contributed by atoms with Gasteiger partial charge in [-0.1, -0.05) is 23.7 Å². The second-order valence-electron chi connectivity index (χ2n) is 6.58. The van der Waals surface area contributed by atoms with Gasteiger partial charge < -0.3 is 14.8 Å². The topological polar surface area (TPSA) is 47.6 Å². The summed E-state index contributed by atoms with van der Waals surface area (Å²) in [5, 5.41) is 3.47. The summed E-state index contributed by atoms with van der Waals surface area (Å²) in [6.07, 6.45) is 0.829. The number of nitrogens with one attached hydrogen (secondary N) is 1. The van der Waals surface area contributed by atoms with E-state index in [1.54, 1.807) is 18.2 Å². The van der Waals surface area contributed by atoms with E-state index in [2.05, 4.69) is 5.32 Å². The van der Waals surface area contributed by atoms with Crippen molar-refractivity contribution in [2.45, 2.75) is 32.8 Å². The Kier molecular flexibility index (Phi) is 4.41. The Hall–Kier alpha value is -2.20. The molecule has 0 aromatic heterocycles. The fourth-order valence-corrected chi connectivity index (χ4v) is 3.02. The van der Waals surface area contributed by atoms with Crippen LogP contribution in [0, 0.1) is 6.92 Å². The van der Waals surface area contributed by atoms with Gasteiger partial charge in [-0.3, -0.25) is 4.79 Å². The summed E-state index contributed by atoms with van der Waals surface area (Å²) in [6, 6.07) is 11.1. The molecule has 126 valence electrons. The van der Waals surface area contributed by atoms with Gasteiger partial charge in [0.25, 0.3) is 5.91 Å². The van der Waals surface area contributed by atoms with Crippen molar-refractivity contribution in [2.24, 2.45) is 0 Å². The van der Waals surface area contributed by atoms with Crippen LogP contribution in [0.15, 0.2) is 36.4 Å². The van der Waals surface area contributed by atoms with Crippen molar-refractivity contribution >= 4 is 23.2 Å². The number of carbonyl (C=O) groups is 1. The lowest BCUT2D eigenvalue weighted by Gasteiger charge is -2.18. The van der Waals surface area contributed by atoms with Gasteiger partial charge in [-0.25, -0.2) is 0 Å². The van der Waals surface area contributed by atoms with Crippen molar-refractivity contribution in [3.05, 3.63) is 52.5 Å². The molecule has 0 radical (unpaired) electrons. The van der Waals surface area contributed by atoms with Gasteiger partial charge >= 0.3 is 0 Å². The van der Waals surface area contributed by atoms with Crippen molar-refractivity contribution in [1.29, 1.82) is 0 Å². The molecule has 1 aliphatic rings. The number of amides is 1. The average molecular weight is 346 g/mol. The Morgan fingerprint density at radius 3 is 2.88 bits per heavy atom. The average Bonchev–Trinajstić information content (AvgIpc) is 2.82. The minimum atomic E-state index is -0.246. The van der Waals surface area contributed by atoms with E-state index < -0.39 is 0 Å². The van der Waals surface area contributed by atoms with Crippen LogP contribution < -0.4 is 14.8 Å². The lowest BCUT2D eigenvalue weighted by atomic mass is 10.0. The molecule has 2 aromatic rings. The smallest absolute Gasteiger partial charge is 0.262 e. The highest BCUT2D eigenvalue weighted by molar-refractivity contribution is 6.30. The molecular formula is C19H20ClNO3. The lowest BCUT2D eigenvalue weighted by Crippen LogP contribution is -2.25. The number of hydrogen-bond acceptors (Lipinski definition) is 3. The zero-order chi connectivity index (χ0) is 17.3. The Morgan fingerprint density at radius 2 is 2.12 bits per heavy atom. The maximum Gasteiger partial charge on any atom is 0.262 e. The minimum Gasteiger partial charge on any atom is -0.483 e. The van der Waals surface area contributed by atoms with Gasteiger partial charge in [0, 0.05) is 22.7 Å². The van der Waals surface area contributed by atoms with Crippen LogP contribution >= 0.6 is 11.6 Å². The number of benzene rings is 2. The predicted molar refractivity (Wildman–Crippen MR) is 95.2 cm³/mol. The predicted octanol–water partition coefficient (Wildman–Crippen LogP) is 4.38. The molecule has 1 N–H and O–H groups in total. The van der Waals surface area contributed by atoms with Crippen LogP contribution in [0.1, 0.15) is 25.0 Å². The maximum absolute atomic E-state index is 12.1. The number of hydrogen-bond donors (Lipinski definition) is 1. The Balaban J connectivity index is 1.65. The van der Waals surface area contributed by atoms with Crippen molar-refractivity contribution < 1.29 is 14.3 Å². The summed E-state index contributed by atoms with van der Waals surface area (Å²) in [5.41, 5.74) is 2.49. The second kappa shape index (κ2) is 6.36. The summed E-state index contributed by atoms with van der Waals surface area (Å²) < 4.78 is 11.6. The third-order valence-electron chi connectivity index (χ3n) is 3.88. The molecule has 1 aliphatic heterocycles. The van der Waals surface area contributed by atoms with Gasteiger partial charge in [-0.2, -0.15) is 0 Å². The first-order chi connectivity index (χ1) is 11.3. The molecular weight excluding hydrogens is 326 g/mol. The summed E-state index contributed by atoms with van der Waals surface area (Å²) in [5.74, 6) is 1.11. The summed E-state index contributed by atoms with van der Waals surface area (Å²) in [6.45, 7) is 5.88. The number of fused-ring (bicyclic) bond motifs is 1. The first kappa shape index (κ1) is 16.7. The van der Waals surface area contributed by atoms with Crippen LogP contribution in [-0.2, 0) is 11.2 Å². The molecule has 0 bridgehead atoms. The molecule has 1 heterocycles. The third kappa shape index (κ3) is 3.65. The maximum atomic E-state index is 12.1. The third-order valence-corrected chi connectivity index (χ3v) is 4.11. The molecule has 0 spiro atoms. The highest BCUT2D eigenvalue weighted by atomic mass is 35.5. The van der Waals surface area contributed by atoms with Gasteiger partial charge in [0.05, 0.1) is 0 Å². The van der Waals surface area contributed by atoms with Crippen molar-refractivity contribution in [2.75, 3.05) is 11.9 Å². The molecule has 0 aliphatic carbocycles. The SMILES string of the molecule is Cc1cc(Cl)ccc1NC(=O)COc1cccc2c1OC(C)(C)C2. The van der Waals surface area contributed by atoms with Gasteiger partial charge in [0.2, 0.25) is 0 Å². The highest BCUT2D eigenvalue weighted by Gasteiger charge is 2.32. The summed E-state index contributed by atoms with van der Waals surface area (Å²) in [7, 11) is 0. The van der Waals surface area contributed by atoms with E-state index in [0.29, 0.717) is 10.8 Å². The quantitative estimate of drug-likeness (QED) is 0.894. The van der Waals surface area contributed by atoms with E-state index in [4.69, 9.17) is 21.1 Å². The first-order valence-electron chi connectivity index (χ1n) is 7.84. The van der Waals surface area contributed by atoms with Crippen LogP contribution in [0.25, 0.3) is 0 Å². The van der Waals surface area contributed by atoms with E-state index in [-0.39, 0.29) is 18.1 Å². The van der Waals surface area contributed by atoms with Gasteiger partial charge in [0.1, 0.15) is 5.60 Å². The van der Waals surface area contributed by atoms with E-state index in [1.165, 1.54) is 0 Å². The number of carbonyl (C=O) groups excluding carboxylic acids is 1. The van der Waals surface area contributed by atoms with E-state index in [0.717, 1.165) is 29.0 Å². The fraction of sp³-hybridized carbons (Fsp3) is 0.316. The number of halogens is 1. The number of aryl methyl sites for hydroxylation is 1. The number of ether oxygens (including phenoxy) is 2. The zero-order valence-corrected chi connectivity index (χ0v) is 14.7. The highest BCUT2D eigenvalue weighted by Crippen LogP contribution is 2.41. The minimum absolute atomic E-state index is 0.0810. The molecule has 1 amide bonds. The molecule has 5 heteroatoms. The molecule has 0 atom stereocenters. The van der Waals surface area contributed by atoms with Crippen molar-refractivity contribution in [1.82, 2.24) is 0 Å². The van der Waals surface area contributed by atoms with Crippen LogP contribution in [-0.4, -0.2) is 18.1 Å². The molecule has 2 aromatic carbocycles. The van der Waals surface area contributed by atoms with Crippen LogP contribution in [0.4, 0.5) is 5.69 Å². The standard InChI is InChI=1S/C19H20ClNO3/c1-12-9-14(20)7-8-15(12)21-17(22)11-23-16-6-4-5-13-10-19(2,3)24-18(13)16/h4-9H,10-11H2,1-3H3,(H,21,22). The lowest BCUT2D eigenvalue weighted by molar-refractivity contribution is -0.118. The van der Waals surface area contributed by atoms with Crippen LogP contribution in [0.2, 0.25) is 5.02 Å². The first-order valence-corrected chi connectivity index (χ1v) is 8.21. The van der Waals surface area contributed by atoms with Crippen LogP contribution in [0.5, 0.6) is 11.5 Å². The fourth-order valence-electron chi connectivity index (χ4n) is 2.80. The number of rotatable bonds is 4. The molecule has 24 heavy (non-hydrogen) atoms.